The number of carboxylic acids is 1. The van der Waals surface area contributed by atoms with Crippen LogP contribution in [0, 0.1) is 5.41 Å². The first-order chi connectivity index (χ1) is 6.13. The van der Waals surface area contributed by atoms with Crippen molar-refractivity contribution in [2.24, 2.45) is 5.41 Å². The number of thiocarbonyl (C=S) groups is 1. The Labute approximate surface area is 82.5 Å². The van der Waals surface area contributed by atoms with Gasteiger partial charge in [0, 0.05) is 12.1 Å². The average molecular weight is 199 g/mol. The van der Waals surface area contributed by atoms with E-state index in [1.165, 1.54) is 0 Å². The van der Waals surface area contributed by atoms with Crippen molar-refractivity contribution >= 4 is 23.6 Å². The Bertz CT molecular complexity index is 258. The van der Waals surface area contributed by atoms with Gasteiger partial charge >= 0.3 is 5.97 Å². The van der Waals surface area contributed by atoms with E-state index in [0.717, 1.165) is 25.7 Å². The summed E-state index contributed by atoms with van der Waals surface area (Å²) in [6, 6.07) is 0. The molecule has 0 amide bonds. The van der Waals surface area contributed by atoms with Crippen LogP contribution in [0.25, 0.3) is 0 Å². The second-order valence-electron chi connectivity index (χ2n) is 4.27. The van der Waals surface area contributed by atoms with Gasteiger partial charge in [-0.1, -0.05) is 12.2 Å². The van der Waals surface area contributed by atoms with E-state index in [1.807, 2.05) is 0 Å². The lowest BCUT2D eigenvalue weighted by atomic mass is 9.65. The molecule has 0 aromatic carbocycles. The van der Waals surface area contributed by atoms with Crippen LogP contribution in [0.1, 0.15) is 25.7 Å². The zero-order chi connectivity index (χ0) is 9.53. The maximum atomic E-state index is 10.9. The molecule has 0 atom stereocenters. The molecule has 3 aliphatic carbocycles. The van der Waals surface area contributed by atoms with Gasteiger partial charge in [-0.15, -0.1) is 0 Å². The van der Waals surface area contributed by atoms with Gasteiger partial charge in [0.05, 0.1) is 5.41 Å². The molecule has 13 heavy (non-hydrogen) atoms. The Morgan fingerprint density at radius 1 is 1.54 bits per heavy atom. The number of aliphatic carboxylic acids is 1. The Hall–Kier alpha value is -0.480. The summed E-state index contributed by atoms with van der Waals surface area (Å²) in [4.78, 5) is 10.9. The van der Waals surface area contributed by atoms with Gasteiger partial charge in [0.25, 0.3) is 0 Å². The van der Waals surface area contributed by atoms with Crippen molar-refractivity contribution in [2.45, 2.75) is 31.2 Å². The first-order valence-corrected chi connectivity index (χ1v) is 5.02. The van der Waals surface area contributed by atoms with Gasteiger partial charge in [-0.05, 0) is 31.1 Å². The molecule has 72 valence electrons. The monoisotopic (exact) mass is 199 g/mol. The summed E-state index contributed by atoms with van der Waals surface area (Å²) < 4.78 is 0. The van der Waals surface area contributed by atoms with Crippen molar-refractivity contribution in [3.05, 3.63) is 0 Å². The molecule has 3 aliphatic rings. The minimum Gasteiger partial charge on any atom is -0.481 e. The first kappa shape index (κ1) is 9.09. The third-order valence-electron chi connectivity index (χ3n) is 3.45. The molecule has 3 fully saturated rings. The summed E-state index contributed by atoms with van der Waals surface area (Å²) in [6.45, 7) is 0.713. The van der Waals surface area contributed by atoms with Gasteiger partial charge in [0.15, 0.2) is 0 Å². The maximum Gasteiger partial charge on any atom is 0.309 e. The first-order valence-electron chi connectivity index (χ1n) is 4.55. The fourth-order valence-electron chi connectivity index (χ4n) is 2.81. The highest BCUT2D eigenvalue weighted by Crippen LogP contribution is 2.61. The van der Waals surface area contributed by atoms with Crippen molar-refractivity contribution in [1.29, 1.82) is 0 Å². The van der Waals surface area contributed by atoms with Gasteiger partial charge in [-0.3, -0.25) is 4.79 Å². The molecule has 0 heterocycles. The molecule has 3 rings (SSSR count). The minimum atomic E-state index is -0.621. The standard InChI is InChI=1S/C9H13NO2S/c11-7(12)8-1-2-9(5-8,6-8)10-3-4-13/h4,10H,1-3,5-6H2,(H,11,12). The lowest BCUT2D eigenvalue weighted by Crippen LogP contribution is -2.56. The van der Waals surface area contributed by atoms with E-state index < -0.39 is 11.4 Å². The van der Waals surface area contributed by atoms with Gasteiger partial charge < -0.3 is 10.4 Å². The van der Waals surface area contributed by atoms with Crippen LogP contribution in [0.4, 0.5) is 0 Å². The van der Waals surface area contributed by atoms with Crippen LogP contribution in [0.5, 0.6) is 0 Å². The van der Waals surface area contributed by atoms with Gasteiger partial charge in [0.1, 0.15) is 0 Å². The van der Waals surface area contributed by atoms with Crippen LogP contribution >= 0.6 is 12.2 Å². The number of nitrogens with one attached hydrogen (secondary N) is 1. The van der Waals surface area contributed by atoms with E-state index in [9.17, 15) is 4.79 Å². The Kier molecular flexibility index (Phi) is 1.92. The van der Waals surface area contributed by atoms with Crippen LogP contribution in [-0.2, 0) is 4.79 Å². The van der Waals surface area contributed by atoms with E-state index in [2.05, 4.69) is 5.32 Å². The molecule has 0 saturated heterocycles. The summed E-state index contributed by atoms with van der Waals surface area (Å²) >= 11 is 4.73. The highest BCUT2D eigenvalue weighted by molar-refractivity contribution is 7.79. The van der Waals surface area contributed by atoms with Crippen LogP contribution in [-0.4, -0.2) is 28.5 Å². The average Bonchev–Trinajstić information content (AvgIpc) is 2.55. The third kappa shape index (κ3) is 1.20. The van der Waals surface area contributed by atoms with Crippen molar-refractivity contribution in [3.63, 3.8) is 0 Å². The van der Waals surface area contributed by atoms with Crippen LogP contribution in [0.3, 0.4) is 0 Å². The second-order valence-corrected chi connectivity index (χ2v) is 4.60. The zero-order valence-corrected chi connectivity index (χ0v) is 8.19. The van der Waals surface area contributed by atoms with E-state index in [0.29, 0.717) is 6.54 Å². The van der Waals surface area contributed by atoms with Crippen molar-refractivity contribution < 1.29 is 9.90 Å². The fourth-order valence-corrected chi connectivity index (χ4v) is 2.89. The lowest BCUT2D eigenvalue weighted by molar-refractivity contribution is -0.154. The molecule has 0 spiro atoms. The predicted octanol–water partition coefficient (Wildman–Crippen LogP) is 0.973. The van der Waals surface area contributed by atoms with E-state index in [1.54, 1.807) is 5.37 Å². The largest absolute Gasteiger partial charge is 0.481 e. The summed E-state index contributed by atoms with van der Waals surface area (Å²) in [6.07, 6.45) is 3.40. The smallest absolute Gasteiger partial charge is 0.309 e. The van der Waals surface area contributed by atoms with Gasteiger partial charge in [0.2, 0.25) is 0 Å². The van der Waals surface area contributed by atoms with E-state index in [4.69, 9.17) is 17.3 Å². The Morgan fingerprint density at radius 3 is 2.69 bits per heavy atom. The van der Waals surface area contributed by atoms with Crippen molar-refractivity contribution in [1.82, 2.24) is 5.32 Å². The third-order valence-corrected chi connectivity index (χ3v) is 3.62. The summed E-state index contributed by atoms with van der Waals surface area (Å²) in [5, 5.41) is 14.0. The predicted molar refractivity (Wildman–Crippen MR) is 52.9 cm³/mol. The lowest BCUT2D eigenvalue weighted by Gasteiger charge is -2.45. The normalized spacial score (nSPS) is 41.2. The fraction of sp³-hybridized carbons (Fsp3) is 0.778. The molecular formula is C9H13NO2S. The minimum absolute atomic E-state index is 0.105. The van der Waals surface area contributed by atoms with Crippen molar-refractivity contribution in [2.75, 3.05) is 6.54 Å². The van der Waals surface area contributed by atoms with E-state index >= 15 is 0 Å². The molecule has 3 saturated carbocycles. The molecule has 0 aromatic rings. The molecule has 0 aliphatic heterocycles. The van der Waals surface area contributed by atoms with Crippen molar-refractivity contribution in [3.8, 4) is 0 Å². The van der Waals surface area contributed by atoms with Crippen LogP contribution in [0.15, 0.2) is 0 Å². The number of fused-ring (bicyclic) bond motifs is 1. The SMILES string of the molecule is O=C(O)C12CCC(NCC=S)(C1)C2. The molecule has 2 bridgehead atoms. The number of carbonyl (C=O) groups is 1. The summed E-state index contributed by atoms with van der Waals surface area (Å²) in [5.74, 6) is -0.621. The quantitative estimate of drug-likeness (QED) is 0.662. The topological polar surface area (TPSA) is 49.3 Å². The molecule has 0 radical (unpaired) electrons. The summed E-state index contributed by atoms with van der Waals surface area (Å²) in [7, 11) is 0. The number of hydrogen-bond acceptors (Lipinski definition) is 3. The molecule has 0 unspecified atom stereocenters. The summed E-state index contributed by atoms with van der Waals surface area (Å²) in [5.41, 5.74) is -0.290. The highest BCUT2D eigenvalue weighted by atomic mass is 32.1. The highest BCUT2D eigenvalue weighted by Gasteiger charge is 2.64. The number of hydrogen-bond donors (Lipinski definition) is 2. The Balaban J connectivity index is 1.98. The van der Waals surface area contributed by atoms with Gasteiger partial charge in [-0.25, -0.2) is 0 Å². The second kappa shape index (κ2) is 2.75. The van der Waals surface area contributed by atoms with Gasteiger partial charge in [-0.2, -0.15) is 0 Å². The van der Waals surface area contributed by atoms with Crippen LogP contribution in [0.2, 0.25) is 0 Å². The molecule has 3 nitrogen and oxygen atoms in total. The molecule has 0 aromatic heterocycles. The van der Waals surface area contributed by atoms with E-state index in [-0.39, 0.29) is 5.54 Å². The number of carboxylic acid groups (broad SMARTS) is 1. The zero-order valence-electron chi connectivity index (χ0n) is 7.38. The number of rotatable bonds is 4. The molecular weight excluding hydrogens is 186 g/mol. The maximum absolute atomic E-state index is 10.9. The molecule has 2 N–H and O–H groups in total. The van der Waals surface area contributed by atoms with Crippen LogP contribution < -0.4 is 5.32 Å². The Morgan fingerprint density at radius 2 is 2.23 bits per heavy atom. The molecule has 4 heteroatoms.